The van der Waals surface area contributed by atoms with Crippen LogP contribution in [-0.4, -0.2) is 25.9 Å². The highest BCUT2D eigenvalue weighted by Gasteiger charge is 2.14. The number of nitrogens with two attached hydrogens (primary N) is 1. The summed E-state index contributed by atoms with van der Waals surface area (Å²) < 4.78 is 7.32. The summed E-state index contributed by atoms with van der Waals surface area (Å²) in [6.45, 7) is 3.91. The zero-order valence-electron chi connectivity index (χ0n) is 12.5. The molecular weight excluding hydrogens is 302 g/mol. The van der Waals surface area contributed by atoms with Gasteiger partial charge in [0.25, 0.3) is 0 Å². The Kier molecular flexibility index (Phi) is 3.62. The maximum atomic E-state index is 6.30. The second-order valence-corrected chi connectivity index (χ2v) is 5.66. The molecule has 0 spiro atoms. The molecule has 6 nitrogen and oxygen atoms in total. The van der Waals surface area contributed by atoms with Crippen molar-refractivity contribution in [2.24, 2.45) is 7.05 Å². The Balaban J connectivity index is 2.10. The fourth-order valence-electron chi connectivity index (χ4n) is 2.26. The van der Waals surface area contributed by atoms with Crippen LogP contribution in [0.4, 0.5) is 5.95 Å². The van der Waals surface area contributed by atoms with E-state index < -0.39 is 0 Å². The van der Waals surface area contributed by atoms with Crippen LogP contribution in [0, 0.1) is 0 Å². The van der Waals surface area contributed by atoms with Crippen LogP contribution in [0.3, 0.4) is 0 Å². The summed E-state index contributed by atoms with van der Waals surface area (Å²) in [5, 5.41) is 5.86. The Labute approximate surface area is 132 Å². The summed E-state index contributed by atoms with van der Waals surface area (Å²) in [4.78, 5) is 8.25. The summed E-state index contributed by atoms with van der Waals surface area (Å²) in [5.41, 5.74) is 7.95. The lowest BCUT2D eigenvalue weighted by Crippen LogP contribution is -2.05. The lowest BCUT2D eigenvalue weighted by Gasteiger charge is -2.11. The van der Waals surface area contributed by atoms with E-state index in [9.17, 15) is 0 Å². The van der Waals surface area contributed by atoms with E-state index in [0.717, 1.165) is 16.6 Å². The van der Waals surface area contributed by atoms with Gasteiger partial charge in [0.2, 0.25) is 5.95 Å². The largest absolute Gasteiger partial charge is 0.489 e. The molecule has 2 heterocycles. The number of hydrogen-bond donors (Lipinski definition) is 1. The van der Waals surface area contributed by atoms with Crippen LogP contribution in [0.1, 0.15) is 13.8 Å². The smallest absolute Gasteiger partial charge is 0.222 e. The zero-order valence-corrected chi connectivity index (χ0v) is 13.3. The van der Waals surface area contributed by atoms with Crippen LogP contribution in [0.5, 0.6) is 5.75 Å². The molecule has 3 rings (SSSR count). The van der Waals surface area contributed by atoms with Gasteiger partial charge < -0.3 is 10.5 Å². The average molecular weight is 318 g/mol. The number of nitrogen functional groups attached to an aromatic ring is 1. The number of benzene rings is 1. The summed E-state index contributed by atoms with van der Waals surface area (Å²) in [6.07, 6.45) is 1.74. The monoisotopic (exact) mass is 317 g/mol. The molecule has 7 heteroatoms. The lowest BCUT2D eigenvalue weighted by molar-refractivity contribution is 0.242. The predicted octanol–water partition coefficient (Wildman–Crippen LogP) is 3.05. The molecule has 0 aliphatic heterocycles. The summed E-state index contributed by atoms with van der Waals surface area (Å²) in [5.74, 6) is 0.877. The average Bonchev–Trinajstić information content (AvgIpc) is 2.78. The van der Waals surface area contributed by atoms with Gasteiger partial charge in [-0.2, -0.15) is 10.1 Å². The molecule has 0 saturated heterocycles. The summed E-state index contributed by atoms with van der Waals surface area (Å²) in [7, 11) is 1.82. The van der Waals surface area contributed by atoms with Gasteiger partial charge in [-0.25, -0.2) is 9.67 Å². The minimum absolute atomic E-state index is 0.0652. The van der Waals surface area contributed by atoms with E-state index >= 15 is 0 Å². The zero-order chi connectivity index (χ0) is 15.9. The van der Waals surface area contributed by atoms with Gasteiger partial charge in [0.15, 0.2) is 5.65 Å². The Morgan fingerprint density at radius 3 is 2.77 bits per heavy atom. The molecule has 0 radical (unpaired) electrons. The maximum absolute atomic E-state index is 6.30. The van der Waals surface area contributed by atoms with Gasteiger partial charge in [-0.05, 0) is 32.0 Å². The third-order valence-electron chi connectivity index (χ3n) is 3.17. The SMILES string of the molecule is CC(C)Oc1ccc(-c2nn(C)c3nc(N)ncc23)cc1Cl. The van der Waals surface area contributed by atoms with Crippen molar-refractivity contribution in [3.63, 3.8) is 0 Å². The van der Waals surface area contributed by atoms with E-state index in [1.807, 2.05) is 39.1 Å². The van der Waals surface area contributed by atoms with Gasteiger partial charge in [0.05, 0.1) is 16.5 Å². The number of rotatable bonds is 3. The third-order valence-corrected chi connectivity index (χ3v) is 3.46. The maximum Gasteiger partial charge on any atom is 0.222 e. The number of aryl methyl sites for hydroxylation is 1. The van der Waals surface area contributed by atoms with E-state index in [0.29, 0.717) is 16.4 Å². The fraction of sp³-hybridized carbons (Fsp3) is 0.267. The lowest BCUT2D eigenvalue weighted by atomic mass is 10.1. The molecule has 0 atom stereocenters. The Morgan fingerprint density at radius 2 is 2.09 bits per heavy atom. The Bertz CT molecular complexity index is 843. The molecule has 0 bridgehead atoms. The summed E-state index contributed by atoms with van der Waals surface area (Å²) in [6, 6.07) is 5.59. The van der Waals surface area contributed by atoms with Gasteiger partial charge >= 0.3 is 0 Å². The minimum atomic E-state index is 0.0652. The highest BCUT2D eigenvalue weighted by atomic mass is 35.5. The standard InChI is InChI=1S/C15H16ClN5O/c1-8(2)22-12-5-4-9(6-11(12)16)13-10-7-18-15(17)19-14(10)21(3)20-13/h4-8H,1-3H3,(H2,17,18,19). The van der Waals surface area contributed by atoms with Gasteiger partial charge in [-0.1, -0.05) is 11.6 Å². The minimum Gasteiger partial charge on any atom is -0.489 e. The fourth-order valence-corrected chi connectivity index (χ4v) is 2.49. The van der Waals surface area contributed by atoms with Crippen molar-refractivity contribution in [3.05, 3.63) is 29.4 Å². The van der Waals surface area contributed by atoms with Gasteiger partial charge in [0.1, 0.15) is 11.4 Å². The molecule has 0 unspecified atom stereocenters. The van der Waals surface area contributed by atoms with Crippen molar-refractivity contribution in [2.75, 3.05) is 5.73 Å². The van der Waals surface area contributed by atoms with Crippen LogP contribution in [-0.2, 0) is 7.05 Å². The van der Waals surface area contributed by atoms with E-state index in [2.05, 4.69) is 15.1 Å². The van der Waals surface area contributed by atoms with Gasteiger partial charge in [0, 0.05) is 18.8 Å². The van der Waals surface area contributed by atoms with Crippen molar-refractivity contribution in [1.82, 2.24) is 19.7 Å². The molecule has 2 aromatic heterocycles. The predicted molar refractivity (Wildman–Crippen MR) is 86.9 cm³/mol. The van der Waals surface area contributed by atoms with E-state index in [-0.39, 0.29) is 12.1 Å². The number of halogens is 1. The molecule has 1 aromatic carbocycles. The van der Waals surface area contributed by atoms with Crippen LogP contribution in [0.15, 0.2) is 24.4 Å². The topological polar surface area (TPSA) is 78.8 Å². The normalized spacial score (nSPS) is 11.3. The van der Waals surface area contributed by atoms with Gasteiger partial charge in [-0.15, -0.1) is 0 Å². The van der Waals surface area contributed by atoms with Crippen LogP contribution in [0.25, 0.3) is 22.3 Å². The quantitative estimate of drug-likeness (QED) is 0.803. The van der Waals surface area contributed by atoms with Crippen molar-refractivity contribution in [1.29, 1.82) is 0 Å². The molecule has 2 N–H and O–H groups in total. The first-order valence-corrected chi connectivity index (χ1v) is 7.25. The van der Waals surface area contributed by atoms with Crippen LogP contribution < -0.4 is 10.5 Å². The molecule has 114 valence electrons. The van der Waals surface area contributed by atoms with Crippen LogP contribution >= 0.6 is 11.6 Å². The molecule has 0 aliphatic carbocycles. The van der Waals surface area contributed by atoms with E-state index in [1.165, 1.54) is 0 Å². The molecule has 0 saturated carbocycles. The highest BCUT2D eigenvalue weighted by molar-refractivity contribution is 6.32. The number of anilines is 1. The third kappa shape index (κ3) is 2.57. The molecule has 0 aliphatic rings. The molecule has 22 heavy (non-hydrogen) atoms. The van der Waals surface area contributed by atoms with Crippen LogP contribution in [0.2, 0.25) is 5.02 Å². The number of fused-ring (bicyclic) bond motifs is 1. The van der Waals surface area contributed by atoms with Crippen molar-refractivity contribution < 1.29 is 4.74 Å². The number of nitrogens with zero attached hydrogens (tertiary/aromatic N) is 4. The van der Waals surface area contributed by atoms with Crippen molar-refractivity contribution in [2.45, 2.75) is 20.0 Å². The van der Waals surface area contributed by atoms with Crippen molar-refractivity contribution in [3.8, 4) is 17.0 Å². The first-order chi connectivity index (χ1) is 10.5. The van der Waals surface area contributed by atoms with Gasteiger partial charge in [-0.3, -0.25) is 0 Å². The summed E-state index contributed by atoms with van der Waals surface area (Å²) >= 11 is 6.30. The highest BCUT2D eigenvalue weighted by Crippen LogP contribution is 2.33. The Morgan fingerprint density at radius 1 is 1.32 bits per heavy atom. The second-order valence-electron chi connectivity index (χ2n) is 5.25. The number of aromatic nitrogens is 4. The first-order valence-electron chi connectivity index (χ1n) is 6.87. The first kappa shape index (κ1) is 14.6. The number of ether oxygens (including phenoxy) is 1. The van der Waals surface area contributed by atoms with Crippen molar-refractivity contribution >= 4 is 28.6 Å². The molecule has 0 amide bonds. The van der Waals surface area contributed by atoms with E-state index in [1.54, 1.807) is 10.9 Å². The molecule has 0 fully saturated rings. The molecule has 3 aromatic rings. The van der Waals surface area contributed by atoms with E-state index in [4.69, 9.17) is 22.1 Å². The molecular formula is C15H16ClN5O. The Hall–Kier alpha value is -2.34. The number of hydrogen-bond acceptors (Lipinski definition) is 5. The second kappa shape index (κ2) is 5.46.